The Bertz CT molecular complexity index is 758. The lowest BCUT2D eigenvalue weighted by atomic mass is 10.1. The maximum Gasteiger partial charge on any atom is 0.280 e. The minimum atomic E-state index is -1.44. The Morgan fingerprint density at radius 1 is 1.36 bits per heavy atom. The van der Waals surface area contributed by atoms with Gasteiger partial charge in [-0.3, -0.25) is 19.6 Å². The van der Waals surface area contributed by atoms with Crippen LogP contribution in [0.5, 0.6) is 0 Å². The van der Waals surface area contributed by atoms with Crippen LogP contribution < -0.4 is 16.8 Å². The average Bonchev–Trinajstić information content (AvgIpc) is 2.98. The fourth-order valence-electron chi connectivity index (χ4n) is 2.41. The number of anilines is 2. The van der Waals surface area contributed by atoms with Crippen molar-refractivity contribution in [1.29, 1.82) is 0 Å². The number of H-pyrrole nitrogens is 1. The normalized spacial score (nSPS) is 28.4. The molecule has 0 amide bonds. The molecule has 0 radical (unpaired) electrons. The van der Waals surface area contributed by atoms with Gasteiger partial charge in [0.15, 0.2) is 17.4 Å². The van der Waals surface area contributed by atoms with E-state index in [1.165, 1.54) is 0 Å². The molecule has 120 valence electrons. The standard InChI is InChI=1S/C10H14N6O6/c11-9-13-6-3(7(20)14-9)12-10(15-21)16(6)8-5(19)4(18)2(1-17)22-8/h2,4-5,8,17-19,21H,1H2,(H,12,15)(H3,11,13,14,20)/t2-,4-,5+,8-/m1/s1. The van der Waals surface area contributed by atoms with Crippen molar-refractivity contribution in [3.05, 3.63) is 10.4 Å². The predicted octanol–water partition coefficient (Wildman–Crippen LogP) is -2.89. The van der Waals surface area contributed by atoms with E-state index in [9.17, 15) is 15.0 Å². The molecule has 4 atom stereocenters. The second kappa shape index (κ2) is 5.19. The van der Waals surface area contributed by atoms with E-state index in [1.807, 2.05) is 0 Å². The van der Waals surface area contributed by atoms with Crippen molar-refractivity contribution >= 4 is 23.1 Å². The van der Waals surface area contributed by atoms with E-state index in [-0.39, 0.29) is 23.1 Å². The van der Waals surface area contributed by atoms with Gasteiger partial charge in [-0.1, -0.05) is 0 Å². The van der Waals surface area contributed by atoms with E-state index in [0.717, 1.165) is 4.57 Å². The Hall–Kier alpha value is -2.25. The van der Waals surface area contributed by atoms with Gasteiger partial charge in [-0.25, -0.2) is 10.5 Å². The molecule has 1 aliphatic heterocycles. The molecular formula is C10H14N6O6. The van der Waals surface area contributed by atoms with Crippen molar-refractivity contribution in [2.75, 3.05) is 17.8 Å². The smallest absolute Gasteiger partial charge is 0.280 e. The van der Waals surface area contributed by atoms with Crippen LogP contribution >= 0.6 is 0 Å². The lowest BCUT2D eigenvalue weighted by molar-refractivity contribution is -0.0505. The van der Waals surface area contributed by atoms with Gasteiger partial charge in [0, 0.05) is 0 Å². The number of rotatable bonds is 3. The topological polar surface area (TPSA) is 192 Å². The number of nitrogens with two attached hydrogens (primary N) is 1. The van der Waals surface area contributed by atoms with Crippen molar-refractivity contribution in [3.63, 3.8) is 0 Å². The van der Waals surface area contributed by atoms with Crippen LogP contribution in [-0.4, -0.2) is 65.0 Å². The molecule has 0 aromatic carbocycles. The van der Waals surface area contributed by atoms with E-state index in [4.69, 9.17) is 20.8 Å². The Kier molecular flexibility index (Phi) is 3.46. The van der Waals surface area contributed by atoms with Crippen LogP contribution in [0.2, 0.25) is 0 Å². The van der Waals surface area contributed by atoms with Crippen LogP contribution in [-0.2, 0) is 4.74 Å². The van der Waals surface area contributed by atoms with Gasteiger partial charge in [0.05, 0.1) is 6.61 Å². The first kappa shape index (κ1) is 14.7. The number of aromatic amines is 1. The molecule has 3 heterocycles. The lowest BCUT2D eigenvalue weighted by Gasteiger charge is -2.18. The summed E-state index contributed by atoms with van der Waals surface area (Å²) in [5.74, 6) is -0.441. The van der Waals surface area contributed by atoms with Gasteiger partial charge < -0.3 is 25.8 Å². The van der Waals surface area contributed by atoms with Crippen LogP contribution in [0.1, 0.15) is 6.23 Å². The molecule has 8 N–H and O–H groups in total. The summed E-state index contributed by atoms with van der Waals surface area (Å²) in [5, 5.41) is 38.1. The van der Waals surface area contributed by atoms with Crippen LogP contribution in [0.15, 0.2) is 4.79 Å². The van der Waals surface area contributed by atoms with E-state index in [0.29, 0.717) is 0 Å². The molecular weight excluding hydrogens is 300 g/mol. The molecule has 1 aliphatic rings. The van der Waals surface area contributed by atoms with Crippen molar-refractivity contribution in [1.82, 2.24) is 19.5 Å². The first-order valence-electron chi connectivity index (χ1n) is 6.28. The maximum atomic E-state index is 11.8. The third-order valence-electron chi connectivity index (χ3n) is 3.44. The number of aliphatic hydroxyl groups is 3. The summed E-state index contributed by atoms with van der Waals surface area (Å²) in [5.41, 5.74) is 6.37. The number of fused-ring (bicyclic) bond motifs is 1. The number of hydrogen-bond acceptors (Lipinski definition) is 10. The van der Waals surface area contributed by atoms with Crippen LogP contribution in [0, 0.1) is 0 Å². The molecule has 12 heteroatoms. The Morgan fingerprint density at radius 3 is 2.68 bits per heavy atom. The molecule has 0 saturated carbocycles. The number of ether oxygens (including phenoxy) is 1. The Balaban J connectivity index is 2.20. The third kappa shape index (κ3) is 2.01. The highest BCUT2D eigenvalue weighted by atomic mass is 16.6. The zero-order chi connectivity index (χ0) is 16.0. The summed E-state index contributed by atoms with van der Waals surface area (Å²) in [4.78, 5) is 21.8. The quantitative estimate of drug-likeness (QED) is 0.289. The molecule has 2 aromatic rings. The van der Waals surface area contributed by atoms with Crippen LogP contribution in [0.4, 0.5) is 11.9 Å². The van der Waals surface area contributed by atoms with Crippen LogP contribution in [0.25, 0.3) is 11.2 Å². The molecule has 3 rings (SSSR count). The van der Waals surface area contributed by atoms with Gasteiger partial charge in [-0.05, 0) is 0 Å². The second-order valence-corrected chi connectivity index (χ2v) is 4.77. The molecule has 2 aromatic heterocycles. The van der Waals surface area contributed by atoms with E-state index >= 15 is 0 Å². The van der Waals surface area contributed by atoms with Crippen molar-refractivity contribution in [2.45, 2.75) is 24.5 Å². The van der Waals surface area contributed by atoms with Gasteiger partial charge in [0.25, 0.3) is 5.56 Å². The zero-order valence-corrected chi connectivity index (χ0v) is 11.0. The van der Waals surface area contributed by atoms with E-state index in [1.54, 1.807) is 5.48 Å². The highest BCUT2D eigenvalue weighted by molar-refractivity contribution is 5.74. The first-order valence-corrected chi connectivity index (χ1v) is 6.28. The number of nitrogens with zero attached hydrogens (tertiary/aromatic N) is 3. The molecule has 1 saturated heterocycles. The number of aliphatic hydroxyl groups excluding tert-OH is 3. The number of imidazole rings is 1. The largest absolute Gasteiger partial charge is 0.394 e. The molecule has 1 fully saturated rings. The highest BCUT2D eigenvalue weighted by Crippen LogP contribution is 2.33. The number of nitrogens with one attached hydrogen (secondary N) is 2. The molecule has 0 unspecified atom stereocenters. The number of nitrogen functional groups attached to an aromatic ring is 1. The lowest BCUT2D eigenvalue weighted by Crippen LogP contribution is -2.33. The first-order chi connectivity index (χ1) is 10.5. The average molecular weight is 314 g/mol. The predicted molar refractivity (Wildman–Crippen MR) is 71.0 cm³/mol. The highest BCUT2D eigenvalue weighted by Gasteiger charge is 2.45. The molecule has 0 bridgehead atoms. The monoisotopic (exact) mass is 314 g/mol. The molecule has 0 aliphatic carbocycles. The minimum Gasteiger partial charge on any atom is -0.394 e. The SMILES string of the molecule is Nc1nc2c(nc(NO)n2[C@@H]2O[C@H](CO)[C@@H](O)[C@@H]2O)c(=O)[nH]1. The van der Waals surface area contributed by atoms with Gasteiger partial charge in [0.2, 0.25) is 11.9 Å². The van der Waals surface area contributed by atoms with E-state index < -0.39 is 36.7 Å². The zero-order valence-electron chi connectivity index (χ0n) is 11.0. The summed E-state index contributed by atoms with van der Waals surface area (Å²) < 4.78 is 6.41. The maximum absolute atomic E-state index is 11.8. The fourth-order valence-corrected chi connectivity index (χ4v) is 2.41. The van der Waals surface area contributed by atoms with Gasteiger partial charge in [0.1, 0.15) is 18.3 Å². The third-order valence-corrected chi connectivity index (χ3v) is 3.44. The van der Waals surface area contributed by atoms with Gasteiger partial charge in [-0.2, -0.15) is 4.98 Å². The summed E-state index contributed by atoms with van der Waals surface area (Å²) in [7, 11) is 0. The Labute approximate surface area is 121 Å². The van der Waals surface area contributed by atoms with Crippen molar-refractivity contribution in [3.8, 4) is 0 Å². The summed E-state index contributed by atoms with van der Waals surface area (Å²) in [6.07, 6.45) is -5.08. The molecule has 12 nitrogen and oxygen atoms in total. The fraction of sp³-hybridized carbons (Fsp3) is 0.500. The second-order valence-electron chi connectivity index (χ2n) is 4.77. The Morgan fingerprint density at radius 2 is 2.09 bits per heavy atom. The number of hydrogen-bond donors (Lipinski definition) is 7. The van der Waals surface area contributed by atoms with Gasteiger partial charge in [-0.15, -0.1) is 0 Å². The van der Waals surface area contributed by atoms with Crippen molar-refractivity contribution in [2.24, 2.45) is 0 Å². The summed E-state index contributed by atoms with van der Waals surface area (Å²) >= 11 is 0. The molecule has 22 heavy (non-hydrogen) atoms. The van der Waals surface area contributed by atoms with Crippen molar-refractivity contribution < 1.29 is 25.3 Å². The van der Waals surface area contributed by atoms with Gasteiger partial charge >= 0.3 is 0 Å². The summed E-state index contributed by atoms with van der Waals surface area (Å²) in [6.45, 7) is -0.528. The summed E-state index contributed by atoms with van der Waals surface area (Å²) in [6, 6.07) is 0. The minimum absolute atomic E-state index is 0.0624. The van der Waals surface area contributed by atoms with Crippen LogP contribution in [0.3, 0.4) is 0 Å². The van der Waals surface area contributed by atoms with E-state index in [2.05, 4.69) is 15.0 Å². The molecule has 0 spiro atoms. The number of aromatic nitrogens is 4.